The molecule has 0 amide bonds. The van der Waals surface area contributed by atoms with Crippen LogP contribution in [0.5, 0.6) is 0 Å². The monoisotopic (exact) mass is 330 g/mol. The summed E-state index contributed by atoms with van der Waals surface area (Å²) < 4.78 is 1.00. The van der Waals surface area contributed by atoms with Gasteiger partial charge >= 0.3 is 116 Å². The Labute approximate surface area is 116 Å². The van der Waals surface area contributed by atoms with E-state index in [-0.39, 0.29) is 25.4 Å². The summed E-state index contributed by atoms with van der Waals surface area (Å²) in [5, 5.41) is 33.4. The molecule has 0 aromatic heterocycles. The van der Waals surface area contributed by atoms with Gasteiger partial charge in [0, 0.05) is 0 Å². The standard InChI is InChI=1S/C12H19AsN2O4/c1-2-13(5-7-16)10-3-4-11(14-6-8-17)12(9-10)15(18)19/h3-4,9,14,16-17H,2,5-8H2,1H3. The van der Waals surface area contributed by atoms with Gasteiger partial charge in [-0.2, -0.15) is 0 Å². The molecule has 0 aliphatic heterocycles. The van der Waals surface area contributed by atoms with E-state index < -0.39 is 19.6 Å². The number of rotatable bonds is 8. The van der Waals surface area contributed by atoms with Gasteiger partial charge in [-0.25, -0.2) is 0 Å². The maximum absolute atomic E-state index is 11.1. The fourth-order valence-corrected chi connectivity index (χ4v) is 5.51. The zero-order valence-corrected chi connectivity index (χ0v) is 12.7. The zero-order chi connectivity index (χ0) is 14.3. The number of benzene rings is 1. The number of nitro benzene ring substituents is 1. The Morgan fingerprint density at radius 1 is 1.37 bits per heavy atom. The zero-order valence-electron chi connectivity index (χ0n) is 10.9. The van der Waals surface area contributed by atoms with Gasteiger partial charge < -0.3 is 0 Å². The Morgan fingerprint density at radius 3 is 2.63 bits per heavy atom. The fraction of sp³-hybridized carbons (Fsp3) is 0.500. The normalized spacial score (nSPS) is 12.2. The number of nitrogens with zero attached hydrogens (tertiary/aromatic N) is 1. The average Bonchev–Trinajstić information content (AvgIpc) is 2.42. The van der Waals surface area contributed by atoms with Gasteiger partial charge in [-0.1, -0.05) is 0 Å². The van der Waals surface area contributed by atoms with E-state index in [9.17, 15) is 10.1 Å². The Bertz CT molecular complexity index is 428. The van der Waals surface area contributed by atoms with Crippen molar-refractivity contribution in [2.24, 2.45) is 0 Å². The van der Waals surface area contributed by atoms with Gasteiger partial charge in [0.2, 0.25) is 0 Å². The van der Waals surface area contributed by atoms with E-state index in [2.05, 4.69) is 12.2 Å². The van der Waals surface area contributed by atoms with Crippen molar-refractivity contribution in [1.82, 2.24) is 0 Å². The van der Waals surface area contributed by atoms with Crippen molar-refractivity contribution in [2.75, 3.05) is 25.1 Å². The average molecular weight is 330 g/mol. The number of aliphatic hydroxyl groups is 2. The van der Waals surface area contributed by atoms with E-state index in [1.165, 1.54) is 0 Å². The van der Waals surface area contributed by atoms with Crippen LogP contribution >= 0.6 is 0 Å². The number of nitrogens with one attached hydrogen (secondary N) is 1. The summed E-state index contributed by atoms with van der Waals surface area (Å²) in [6.45, 7) is 2.40. The third kappa shape index (κ3) is 4.49. The summed E-state index contributed by atoms with van der Waals surface area (Å²) in [4.78, 5) is 10.7. The van der Waals surface area contributed by atoms with Gasteiger partial charge in [0.15, 0.2) is 0 Å². The van der Waals surface area contributed by atoms with Crippen molar-refractivity contribution in [3.63, 3.8) is 0 Å². The van der Waals surface area contributed by atoms with Crippen LogP contribution in [0.4, 0.5) is 11.4 Å². The van der Waals surface area contributed by atoms with E-state index in [4.69, 9.17) is 10.2 Å². The molecule has 0 bridgehead atoms. The molecule has 0 aliphatic rings. The number of aliphatic hydroxyl groups excluding tert-OH is 2. The number of hydrogen-bond donors (Lipinski definition) is 3. The molecule has 0 saturated heterocycles. The second kappa shape index (κ2) is 8.15. The molecule has 1 unspecified atom stereocenters. The summed E-state index contributed by atoms with van der Waals surface area (Å²) >= 11 is -1.39. The first kappa shape index (κ1) is 16.0. The molecule has 0 heterocycles. The van der Waals surface area contributed by atoms with Crippen LogP contribution in [0, 0.1) is 10.1 Å². The van der Waals surface area contributed by atoms with Crippen molar-refractivity contribution in [2.45, 2.75) is 17.3 Å². The second-order valence-electron chi connectivity index (χ2n) is 3.91. The molecule has 3 N–H and O–H groups in total. The molecule has 1 aromatic carbocycles. The minimum absolute atomic E-state index is 0.0386. The molecule has 19 heavy (non-hydrogen) atoms. The predicted molar refractivity (Wildman–Crippen MR) is 76.4 cm³/mol. The van der Waals surface area contributed by atoms with Crippen molar-refractivity contribution in [3.05, 3.63) is 28.3 Å². The van der Waals surface area contributed by atoms with Gasteiger partial charge in [0.1, 0.15) is 0 Å². The van der Waals surface area contributed by atoms with Crippen LogP contribution in [0.1, 0.15) is 6.92 Å². The molecule has 1 rings (SSSR count). The van der Waals surface area contributed by atoms with E-state index in [0.717, 1.165) is 14.8 Å². The quantitative estimate of drug-likeness (QED) is 0.371. The molecule has 7 heteroatoms. The van der Waals surface area contributed by atoms with Gasteiger partial charge in [-0.3, -0.25) is 0 Å². The van der Waals surface area contributed by atoms with Crippen molar-refractivity contribution in [3.8, 4) is 0 Å². The molecular weight excluding hydrogens is 311 g/mol. The number of hydrogen-bond acceptors (Lipinski definition) is 5. The van der Waals surface area contributed by atoms with Crippen LogP contribution in [-0.4, -0.2) is 49.5 Å². The molecule has 106 valence electrons. The first-order chi connectivity index (χ1) is 9.13. The molecule has 0 spiro atoms. The molecular formula is C12H19AsN2O4. The van der Waals surface area contributed by atoms with Crippen LogP contribution in [0.3, 0.4) is 0 Å². The van der Waals surface area contributed by atoms with Crippen LogP contribution < -0.4 is 9.67 Å². The van der Waals surface area contributed by atoms with Crippen molar-refractivity contribution in [1.29, 1.82) is 0 Å². The van der Waals surface area contributed by atoms with E-state index in [0.29, 0.717) is 5.69 Å². The third-order valence-corrected chi connectivity index (χ3v) is 7.99. The van der Waals surface area contributed by atoms with Gasteiger partial charge in [0.25, 0.3) is 0 Å². The Balaban J connectivity index is 3.03. The second-order valence-corrected chi connectivity index (χ2v) is 9.53. The number of nitro groups is 1. The summed E-state index contributed by atoms with van der Waals surface area (Å²) in [5.41, 5.74) is 0.466. The Hall–Kier alpha value is -1.10. The first-order valence-electron chi connectivity index (χ1n) is 6.13. The van der Waals surface area contributed by atoms with Gasteiger partial charge in [0.05, 0.1) is 0 Å². The van der Waals surface area contributed by atoms with Gasteiger partial charge in [-0.05, 0) is 0 Å². The van der Waals surface area contributed by atoms with Crippen LogP contribution in [-0.2, 0) is 0 Å². The Morgan fingerprint density at radius 2 is 2.11 bits per heavy atom. The van der Waals surface area contributed by atoms with E-state index in [1.807, 2.05) is 6.07 Å². The Kier molecular flexibility index (Phi) is 6.84. The van der Waals surface area contributed by atoms with Crippen molar-refractivity contribution >= 4 is 30.4 Å². The molecule has 0 radical (unpaired) electrons. The minimum atomic E-state index is -1.39. The van der Waals surface area contributed by atoms with Gasteiger partial charge in [-0.15, -0.1) is 0 Å². The van der Waals surface area contributed by atoms with Crippen LogP contribution in [0.2, 0.25) is 10.4 Å². The summed E-state index contributed by atoms with van der Waals surface area (Å²) in [5.74, 6) is 0. The maximum atomic E-state index is 11.1. The van der Waals surface area contributed by atoms with E-state index >= 15 is 0 Å². The molecule has 0 fully saturated rings. The number of anilines is 1. The van der Waals surface area contributed by atoms with E-state index in [1.54, 1.807) is 12.1 Å². The van der Waals surface area contributed by atoms with Crippen molar-refractivity contribution < 1.29 is 15.1 Å². The SMILES string of the molecule is CC[As](CCO)c1ccc(NCCO)c([N+](=O)[O-])c1. The third-order valence-electron chi connectivity index (χ3n) is 2.72. The first-order valence-corrected chi connectivity index (χ1v) is 9.72. The molecule has 1 atom stereocenters. The molecule has 0 saturated carbocycles. The predicted octanol–water partition coefficient (Wildman–Crippen LogP) is 0.713. The fourth-order valence-electron chi connectivity index (χ4n) is 1.80. The summed E-state index contributed by atoms with van der Waals surface area (Å²) in [6.07, 6.45) is 0. The van der Waals surface area contributed by atoms with Crippen LogP contribution in [0.25, 0.3) is 0 Å². The summed E-state index contributed by atoms with van der Waals surface area (Å²) in [6, 6.07) is 5.20. The summed E-state index contributed by atoms with van der Waals surface area (Å²) in [7, 11) is 0. The molecule has 0 aliphatic carbocycles. The van der Waals surface area contributed by atoms with Crippen LogP contribution in [0.15, 0.2) is 18.2 Å². The molecule has 6 nitrogen and oxygen atoms in total. The topological polar surface area (TPSA) is 95.6 Å². The molecule has 1 aromatic rings.